The van der Waals surface area contributed by atoms with Gasteiger partial charge in [0.1, 0.15) is 17.6 Å². The summed E-state index contributed by atoms with van der Waals surface area (Å²) >= 11 is 0. The monoisotopic (exact) mass is 272 g/mol. The van der Waals surface area contributed by atoms with E-state index < -0.39 is 0 Å². The Labute approximate surface area is 114 Å². The lowest BCUT2D eigenvalue weighted by molar-refractivity contribution is 0.135. The molecule has 0 aromatic heterocycles. The zero-order valence-corrected chi connectivity index (χ0v) is 10.4. The van der Waals surface area contributed by atoms with E-state index in [-0.39, 0.29) is 35.0 Å². The Bertz CT molecular complexity index is 710. The van der Waals surface area contributed by atoms with Crippen molar-refractivity contribution in [3.8, 4) is 28.7 Å². The van der Waals surface area contributed by atoms with Crippen molar-refractivity contribution in [2.45, 2.75) is 12.0 Å². The van der Waals surface area contributed by atoms with E-state index in [1.54, 1.807) is 18.2 Å². The third-order valence-corrected chi connectivity index (χ3v) is 3.87. The van der Waals surface area contributed by atoms with Crippen LogP contribution in [0.2, 0.25) is 0 Å². The van der Waals surface area contributed by atoms with Crippen LogP contribution in [0.1, 0.15) is 23.1 Å². The summed E-state index contributed by atoms with van der Waals surface area (Å²) in [5.74, 6) is 0.588. The molecule has 0 bridgehead atoms. The van der Waals surface area contributed by atoms with Crippen molar-refractivity contribution in [2.75, 3.05) is 6.61 Å². The first kappa shape index (κ1) is 11.3. The zero-order chi connectivity index (χ0) is 13.9. The number of rotatable bonds is 0. The molecule has 0 saturated carbocycles. The van der Waals surface area contributed by atoms with Gasteiger partial charge in [0.15, 0.2) is 11.5 Å². The van der Waals surface area contributed by atoms with Crippen LogP contribution in [-0.4, -0.2) is 21.9 Å². The molecule has 0 radical (unpaired) electrons. The highest BCUT2D eigenvalue weighted by Crippen LogP contribution is 2.54. The van der Waals surface area contributed by atoms with Gasteiger partial charge in [-0.3, -0.25) is 0 Å². The summed E-state index contributed by atoms with van der Waals surface area (Å²) in [6.45, 7) is 0.354. The highest BCUT2D eigenvalue weighted by molar-refractivity contribution is 5.58. The molecule has 5 heteroatoms. The molecule has 4 rings (SSSR count). The minimum atomic E-state index is -0.276. The van der Waals surface area contributed by atoms with Crippen LogP contribution in [0.4, 0.5) is 0 Å². The number of hydrogen-bond donors (Lipinski definition) is 3. The van der Waals surface area contributed by atoms with E-state index >= 15 is 0 Å². The first-order valence-electron chi connectivity index (χ1n) is 6.32. The van der Waals surface area contributed by atoms with Crippen LogP contribution in [-0.2, 0) is 0 Å². The average Bonchev–Trinajstić information content (AvgIpc) is 2.80. The second-order valence-corrected chi connectivity index (χ2v) is 5.03. The van der Waals surface area contributed by atoms with Crippen molar-refractivity contribution in [1.82, 2.24) is 0 Å². The fraction of sp³-hybridized carbons (Fsp3) is 0.200. The highest BCUT2D eigenvalue weighted by atomic mass is 16.5. The number of ether oxygens (including phenoxy) is 2. The molecule has 2 aliphatic heterocycles. The van der Waals surface area contributed by atoms with Crippen molar-refractivity contribution >= 4 is 0 Å². The van der Waals surface area contributed by atoms with Gasteiger partial charge in [0.05, 0.1) is 12.5 Å². The van der Waals surface area contributed by atoms with Crippen LogP contribution in [0.3, 0.4) is 0 Å². The molecule has 2 aromatic carbocycles. The van der Waals surface area contributed by atoms with Gasteiger partial charge in [-0.05, 0) is 18.2 Å². The van der Waals surface area contributed by atoms with E-state index in [1.165, 1.54) is 6.07 Å². The molecule has 2 aliphatic rings. The van der Waals surface area contributed by atoms with Gasteiger partial charge in [-0.2, -0.15) is 0 Å². The smallest absolute Gasteiger partial charge is 0.200 e. The number of phenolic OH excluding ortho intramolecular Hbond substituents is 3. The van der Waals surface area contributed by atoms with Gasteiger partial charge < -0.3 is 24.8 Å². The first-order chi connectivity index (χ1) is 9.65. The third kappa shape index (κ3) is 1.37. The van der Waals surface area contributed by atoms with Crippen molar-refractivity contribution < 1.29 is 24.8 Å². The fourth-order valence-corrected chi connectivity index (χ4v) is 2.90. The van der Waals surface area contributed by atoms with Gasteiger partial charge in [-0.15, -0.1) is 0 Å². The lowest BCUT2D eigenvalue weighted by Gasteiger charge is -2.28. The van der Waals surface area contributed by atoms with E-state index in [2.05, 4.69) is 0 Å². The summed E-state index contributed by atoms with van der Waals surface area (Å²) in [5, 5.41) is 28.9. The Morgan fingerprint density at radius 3 is 2.65 bits per heavy atom. The van der Waals surface area contributed by atoms with Crippen LogP contribution in [0.5, 0.6) is 28.7 Å². The maximum absolute atomic E-state index is 9.85. The van der Waals surface area contributed by atoms with E-state index in [0.29, 0.717) is 17.9 Å². The molecule has 2 heterocycles. The van der Waals surface area contributed by atoms with E-state index in [9.17, 15) is 15.3 Å². The van der Waals surface area contributed by atoms with E-state index in [4.69, 9.17) is 9.47 Å². The summed E-state index contributed by atoms with van der Waals surface area (Å²) in [7, 11) is 0. The summed E-state index contributed by atoms with van der Waals surface area (Å²) in [5.41, 5.74) is 1.68. The zero-order valence-electron chi connectivity index (χ0n) is 10.4. The largest absolute Gasteiger partial charge is 0.508 e. The molecule has 0 saturated heterocycles. The second-order valence-electron chi connectivity index (χ2n) is 5.03. The predicted molar refractivity (Wildman–Crippen MR) is 69.5 cm³/mol. The van der Waals surface area contributed by atoms with Gasteiger partial charge in [-0.1, -0.05) is 6.07 Å². The Morgan fingerprint density at radius 2 is 1.80 bits per heavy atom. The SMILES string of the molecule is Oc1ccc2c(c1)OC1c3ccc(O)c(O)c3OCC21. The van der Waals surface area contributed by atoms with Gasteiger partial charge in [0.25, 0.3) is 0 Å². The Morgan fingerprint density at radius 1 is 1.00 bits per heavy atom. The van der Waals surface area contributed by atoms with Crippen LogP contribution < -0.4 is 9.47 Å². The summed E-state index contributed by atoms with van der Waals surface area (Å²) in [4.78, 5) is 0. The molecule has 20 heavy (non-hydrogen) atoms. The second kappa shape index (κ2) is 3.72. The number of hydrogen-bond acceptors (Lipinski definition) is 5. The molecule has 2 aromatic rings. The molecule has 2 atom stereocenters. The Hall–Kier alpha value is -2.56. The molecular weight excluding hydrogens is 260 g/mol. The predicted octanol–water partition coefficient (Wildman–Crippen LogP) is 2.41. The van der Waals surface area contributed by atoms with Crippen molar-refractivity contribution in [2.24, 2.45) is 0 Å². The molecule has 0 fully saturated rings. The standard InChI is InChI=1S/C15H12O5/c16-7-1-2-8-10-6-19-15-9(3-4-11(17)13(15)18)14(10)20-12(8)5-7/h1-5,10,14,16-18H,6H2. The average molecular weight is 272 g/mol. The maximum atomic E-state index is 9.85. The molecule has 0 amide bonds. The summed E-state index contributed by atoms with van der Waals surface area (Å²) in [6, 6.07) is 8.13. The topological polar surface area (TPSA) is 79.2 Å². The molecule has 5 nitrogen and oxygen atoms in total. The number of phenols is 3. The molecule has 3 N–H and O–H groups in total. The van der Waals surface area contributed by atoms with Crippen LogP contribution in [0, 0.1) is 0 Å². The number of benzene rings is 2. The number of fused-ring (bicyclic) bond motifs is 5. The van der Waals surface area contributed by atoms with Crippen molar-refractivity contribution in [1.29, 1.82) is 0 Å². The first-order valence-corrected chi connectivity index (χ1v) is 6.32. The third-order valence-electron chi connectivity index (χ3n) is 3.87. The molecule has 2 unspecified atom stereocenters. The molecule has 0 spiro atoms. The molecule has 0 aliphatic carbocycles. The summed E-state index contributed by atoms with van der Waals surface area (Å²) in [6.07, 6.45) is -0.276. The molecular formula is C15H12O5. The van der Waals surface area contributed by atoms with Crippen LogP contribution in [0.25, 0.3) is 0 Å². The van der Waals surface area contributed by atoms with Crippen molar-refractivity contribution in [3.05, 3.63) is 41.5 Å². The lowest BCUT2D eigenvalue weighted by Crippen LogP contribution is -2.23. The van der Waals surface area contributed by atoms with Crippen LogP contribution >= 0.6 is 0 Å². The fourth-order valence-electron chi connectivity index (χ4n) is 2.90. The Kier molecular flexibility index (Phi) is 2.10. The van der Waals surface area contributed by atoms with Gasteiger partial charge in [0.2, 0.25) is 5.75 Å². The van der Waals surface area contributed by atoms with Crippen molar-refractivity contribution in [3.63, 3.8) is 0 Å². The Balaban J connectivity index is 1.84. The maximum Gasteiger partial charge on any atom is 0.200 e. The van der Waals surface area contributed by atoms with Gasteiger partial charge in [-0.25, -0.2) is 0 Å². The van der Waals surface area contributed by atoms with Gasteiger partial charge in [0, 0.05) is 17.2 Å². The lowest BCUT2D eigenvalue weighted by atomic mass is 9.89. The summed E-state index contributed by atoms with van der Waals surface area (Å²) < 4.78 is 11.5. The quantitative estimate of drug-likeness (QED) is 0.642. The van der Waals surface area contributed by atoms with E-state index in [0.717, 1.165) is 5.56 Å². The number of aromatic hydroxyl groups is 3. The minimum absolute atomic E-state index is 0.0158. The van der Waals surface area contributed by atoms with Crippen LogP contribution in [0.15, 0.2) is 30.3 Å². The minimum Gasteiger partial charge on any atom is -0.508 e. The highest BCUT2D eigenvalue weighted by Gasteiger charge is 2.42. The van der Waals surface area contributed by atoms with E-state index in [1.807, 2.05) is 6.07 Å². The normalized spacial score (nSPS) is 22.2. The van der Waals surface area contributed by atoms with Gasteiger partial charge >= 0.3 is 0 Å². The molecule has 102 valence electrons.